The number of hydrogen-bond acceptors (Lipinski definition) is 0. The van der Waals surface area contributed by atoms with E-state index in [1.54, 1.807) is 0 Å². The van der Waals surface area contributed by atoms with E-state index >= 15 is 0 Å². The van der Waals surface area contributed by atoms with Crippen molar-refractivity contribution in [1.82, 2.24) is 0 Å². The molecule has 72 valence electrons. The Labute approximate surface area is 86.3 Å². The molecule has 14 heavy (non-hydrogen) atoms. The van der Waals surface area contributed by atoms with Crippen molar-refractivity contribution in [2.45, 2.75) is 13.8 Å². The van der Waals surface area contributed by atoms with Crippen LogP contribution in [0.3, 0.4) is 0 Å². The fraction of sp³-hybridized carbons (Fsp3) is 0.143. The summed E-state index contributed by atoms with van der Waals surface area (Å²) in [5.74, 6) is 0. The molecule has 0 bridgehead atoms. The van der Waals surface area contributed by atoms with Crippen LogP contribution in [0.4, 0.5) is 0 Å². The van der Waals surface area contributed by atoms with Gasteiger partial charge < -0.3 is 0 Å². The third-order valence-corrected chi connectivity index (χ3v) is 2.41. The van der Waals surface area contributed by atoms with Crippen LogP contribution in [0.1, 0.15) is 30.5 Å². The minimum atomic E-state index is 1.13. The Morgan fingerprint density at radius 3 is 2.29 bits per heavy atom. The molecule has 0 atom stereocenters. The zero-order chi connectivity index (χ0) is 10.6. The van der Waals surface area contributed by atoms with Gasteiger partial charge in [0, 0.05) is 0 Å². The largest absolute Gasteiger partial charge is 0.0984 e. The highest BCUT2D eigenvalue weighted by atomic mass is 14.0. The molecule has 0 radical (unpaired) electrons. The molecule has 0 saturated heterocycles. The smallest absolute Gasteiger partial charge is 0.0184 e. The molecule has 0 nitrogen and oxygen atoms in total. The van der Waals surface area contributed by atoms with Crippen molar-refractivity contribution >= 4 is 17.7 Å². The summed E-state index contributed by atoms with van der Waals surface area (Å²) in [7, 11) is 0. The Hall–Kier alpha value is -1.56. The highest BCUT2D eigenvalue weighted by Gasteiger charge is 1.99. The van der Waals surface area contributed by atoms with Crippen molar-refractivity contribution in [3.8, 4) is 0 Å². The molecule has 0 saturated carbocycles. The Kier molecular flexibility index (Phi) is 3.47. The Balaban J connectivity index is 3.27. The van der Waals surface area contributed by atoms with Gasteiger partial charge in [0.05, 0.1) is 0 Å². The van der Waals surface area contributed by atoms with Gasteiger partial charge in [-0.1, -0.05) is 43.5 Å². The predicted molar refractivity (Wildman–Crippen MR) is 65.9 cm³/mol. The fourth-order valence-electron chi connectivity index (χ4n) is 1.35. The van der Waals surface area contributed by atoms with E-state index in [-0.39, 0.29) is 0 Å². The van der Waals surface area contributed by atoms with Crippen molar-refractivity contribution in [2.24, 2.45) is 0 Å². The number of hydrogen-bond donors (Lipinski definition) is 0. The highest BCUT2D eigenvalue weighted by molar-refractivity contribution is 5.71. The number of benzene rings is 1. The van der Waals surface area contributed by atoms with E-state index in [1.165, 1.54) is 11.1 Å². The van der Waals surface area contributed by atoms with E-state index in [4.69, 9.17) is 0 Å². The first-order valence-corrected chi connectivity index (χ1v) is 4.75. The van der Waals surface area contributed by atoms with Crippen LogP contribution in [-0.2, 0) is 0 Å². The van der Waals surface area contributed by atoms with Crippen LogP contribution in [0.2, 0.25) is 0 Å². The molecule has 0 aromatic heterocycles. The lowest BCUT2D eigenvalue weighted by atomic mass is 10.00. The summed E-state index contributed by atoms with van der Waals surface area (Å²) in [6.45, 7) is 11.7. The molecular weight excluding hydrogens is 168 g/mol. The molecule has 0 heteroatoms. The van der Waals surface area contributed by atoms with Crippen molar-refractivity contribution in [1.29, 1.82) is 0 Å². The summed E-state index contributed by atoms with van der Waals surface area (Å²) in [5, 5.41) is 0. The van der Waals surface area contributed by atoms with Crippen LogP contribution in [0.5, 0.6) is 0 Å². The lowest BCUT2D eigenvalue weighted by Gasteiger charge is -2.05. The predicted octanol–water partition coefficient (Wildman–Crippen LogP) is 4.40. The maximum atomic E-state index is 3.80. The lowest BCUT2D eigenvalue weighted by molar-refractivity contribution is 1.51. The summed E-state index contributed by atoms with van der Waals surface area (Å²) in [6, 6.07) is 6.32. The summed E-state index contributed by atoms with van der Waals surface area (Å²) in [6.07, 6.45) is 5.82. The van der Waals surface area contributed by atoms with Gasteiger partial charge in [0.15, 0.2) is 0 Å². The second-order valence-corrected chi connectivity index (χ2v) is 3.22. The van der Waals surface area contributed by atoms with E-state index in [2.05, 4.69) is 44.4 Å². The molecule has 0 aliphatic rings. The molecule has 1 rings (SSSR count). The molecule has 0 amide bonds. The standard InChI is InChI=1S/C14H16/c1-5-11(4)14-9-8-12(6-2)13(7-3)10-14/h5-10H,2-3H2,1,4H3/b11-5+. The quantitative estimate of drug-likeness (QED) is 0.653. The van der Waals surface area contributed by atoms with Crippen molar-refractivity contribution in [3.05, 3.63) is 54.1 Å². The van der Waals surface area contributed by atoms with Crippen molar-refractivity contribution in [3.63, 3.8) is 0 Å². The van der Waals surface area contributed by atoms with Gasteiger partial charge in [0.1, 0.15) is 0 Å². The average molecular weight is 184 g/mol. The normalized spacial score (nSPS) is 11.1. The Bertz CT molecular complexity index is 381. The molecule has 0 aliphatic heterocycles. The second kappa shape index (κ2) is 4.61. The van der Waals surface area contributed by atoms with Gasteiger partial charge in [-0.15, -0.1) is 0 Å². The minimum absolute atomic E-state index is 1.13. The van der Waals surface area contributed by atoms with Crippen LogP contribution in [-0.4, -0.2) is 0 Å². The van der Waals surface area contributed by atoms with Crippen LogP contribution in [0, 0.1) is 0 Å². The van der Waals surface area contributed by atoms with Gasteiger partial charge in [-0.25, -0.2) is 0 Å². The average Bonchev–Trinajstić information content (AvgIpc) is 2.26. The van der Waals surface area contributed by atoms with Gasteiger partial charge in [0.2, 0.25) is 0 Å². The van der Waals surface area contributed by atoms with Crippen LogP contribution < -0.4 is 0 Å². The van der Waals surface area contributed by atoms with Gasteiger partial charge in [-0.3, -0.25) is 0 Å². The number of allylic oxidation sites excluding steroid dienone is 2. The van der Waals surface area contributed by atoms with Crippen molar-refractivity contribution in [2.75, 3.05) is 0 Å². The summed E-state index contributed by atoms with van der Waals surface area (Å²) >= 11 is 0. The molecule has 0 unspecified atom stereocenters. The third-order valence-electron chi connectivity index (χ3n) is 2.41. The van der Waals surface area contributed by atoms with Gasteiger partial charge in [-0.2, -0.15) is 0 Å². The second-order valence-electron chi connectivity index (χ2n) is 3.22. The molecule has 0 N–H and O–H groups in total. The summed E-state index contributed by atoms with van der Waals surface area (Å²) in [5.41, 5.74) is 4.79. The lowest BCUT2D eigenvalue weighted by Crippen LogP contribution is -1.85. The highest BCUT2D eigenvalue weighted by Crippen LogP contribution is 2.20. The zero-order valence-electron chi connectivity index (χ0n) is 8.88. The first-order valence-electron chi connectivity index (χ1n) is 4.75. The molecule has 1 aromatic carbocycles. The van der Waals surface area contributed by atoms with Crippen molar-refractivity contribution < 1.29 is 0 Å². The fourth-order valence-corrected chi connectivity index (χ4v) is 1.35. The third kappa shape index (κ3) is 2.02. The van der Waals surface area contributed by atoms with E-state index in [0.717, 1.165) is 11.1 Å². The van der Waals surface area contributed by atoms with E-state index in [0.29, 0.717) is 0 Å². The SMILES string of the molecule is C=Cc1ccc(/C(C)=C/C)cc1C=C. The molecule has 0 spiro atoms. The summed E-state index contributed by atoms with van der Waals surface area (Å²) in [4.78, 5) is 0. The van der Waals surface area contributed by atoms with Gasteiger partial charge >= 0.3 is 0 Å². The maximum absolute atomic E-state index is 3.80. The monoisotopic (exact) mass is 184 g/mol. The van der Waals surface area contributed by atoms with Crippen LogP contribution >= 0.6 is 0 Å². The summed E-state index contributed by atoms with van der Waals surface area (Å²) < 4.78 is 0. The van der Waals surface area contributed by atoms with Gasteiger partial charge in [-0.05, 0) is 42.2 Å². The topological polar surface area (TPSA) is 0 Å². The molecule has 1 aromatic rings. The Morgan fingerprint density at radius 1 is 1.14 bits per heavy atom. The van der Waals surface area contributed by atoms with Crippen LogP contribution in [0.25, 0.3) is 17.7 Å². The zero-order valence-corrected chi connectivity index (χ0v) is 8.88. The minimum Gasteiger partial charge on any atom is -0.0984 e. The van der Waals surface area contributed by atoms with Gasteiger partial charge in [0.25, 0.3) is 0 Å². The first-order chi connectivity index (χ1) is 6.72. The van der Waals surface area contributed by atoms with E-state index < -0.39 is 0 Å². The molecule has 0 fully saturated rings. The van der Waals surface area contributed by atoms with E-state index in [1.807, 2.05) is 19.1 Å². The van der Waals surface area contributed by atoms with E-state index in [9.17, 15) is 0 Å². The molecular formula is C14H16. The molecule has 0 heterocycles. The molecule has 0 aliphatic carbocycles. The maximum Gasteiger partial charge on any atom is -0.0184 e. The Morgan fingerprint density at radius 2 is 1.79 bits per heavy atom. The first kappa shape index (κ1) is 10.5. The van der Waals surface area contributed by atoms with Crippen LogP contribution in [0.15, 0.2) is 37.4 Å². The number of rotatable bonds is 3.